The molecule has 2 aromatic rings. The van der Waals surface area contributed by atoms with Gasteiger partial charge in [-0.2, -0.15) is 0 Å². The summed E-state index contributed by atoms with van der Waals surface area (Å²) in [7, 11) is 0. The molecule has 20 heavy (non-hydrogen) atoms. The van der Waals surface area contributed by atoms with Crippen molar-refractivity contribution in [3.05, 3.63) is 46.6 Å². The van der Waals surface area contributed by atoms with Crippen molar-refractivity contribution in [1.29, 1.82) is 0 Å². The van der Waals surface area contributed by atoms with E-state index in [-0.39, 0.29) is 5.70 Å². The molecule has 104 valence electrons. The van der Waals surface area contributed by atoms with Crippen LogP contribution in [0.3, 0.4) is 0 Å². The number of hydrogen-bond acceptors (Lipinski definition) is 5. The van der Waals surface area contributed by atoms with Gasteiger partial charge in [0.1, 0.15) is 5.65 Å². The summed E-state index contributed by atoms with van der Waals surface area (Å²) in [6, 6.07) is 3.65. The number of carbonyl (C=O) groups is 1. The summed E-state index contributed by atoms with van der Waals surface area (Å²) in [5.74, 6) is -1.02. The lowest BCUT2D eigenvalue weighted by atomic mass is 10.4. The SMILES string of the molecule is Cc1c(Cl)ccc2nc(CN3C=C(C(=O)O)NN3)cn12. The Hall–Kier alpha value is -2.25. The van der Waals surface area contributed by atoms with Crippen LogP contribution < -0.4 is 11.0 Å². The molecule has 0 amide bonds. The van der Waals surface area contributed by atoms with Crippen molar-refractivity contribution in [2.24, 2.45) is 0 Å². The van der Waals surface area contributed by atoms with E-state index in [9.17, 15) is 4.79 Å². The molecular weight excluding hydrogens is 282 g/mol. The third-order valence-electron chi connectivity index (χ3n) is 3.05. The van der Waals surface area contributed by atoms with Crippen LogP contribution in [-0.4, -0.2) is 25.5 Å². The third kappa shape index (κ3) is 2.17. The monoisotopic (exact) mass is 293 g/mol. The van der Waals surface area contributed by atoms with E-state index in [0.717, 1.165) is 17.0 Å². The number of hydrogen-bond donors (Lipinski definition) is 3. The Labute approximate surface area is 119 Å². The van der Waals surface area contributed by atoms with E-state index in [1.165, 1.54) is 6.20 Å². The highest BCUT2D eigenvalue weighted by atomic mass is 35.5. The molecule has 0 aliphatic carbocycles. The molecule has 7 nitrogen and oxygen atoms in total. The summed E-state index contributed by atoms with van der Waals surface area (Å²) in [4.78, 5) is 15.3. The Morgan fingerprint density at radius 1 is 1.50 bits per heavy atom. The smallest absolute Gasteiger partial charge is 0.354 e. The molecule has 0 saturated heterocycles. The highest BCUT2D eigenvalue weighted by molar-refractivity contribution is 6.31. The number of nitrogens with one attached hydrogen (secondary N) is 2. The number of imidazole rings is 1. The summed E-state index contributed by atoms with van der Waals surface area (Å²) < 4.78 is 1.91. The summed E-state index contributed by atoms with van der Waals surface area (Å²) in [6.07, 6.45) is 3.36. The molecule has 0 saturated carbocycles. The van der Waals surface area contributed by atoms with Gasteiger partial charge in [-0.05, 0) is 19.1 Å². The van der Waals surface area contributed by atoms with Crippen LogP contribution in [0, 0.1) is 6.92 Å². The highest BCUT2D eigenvalue weighted by Crippen LogP contribution is 2.18. The Balaban J connectivity index is 1.86. The van der Waals surface area contributed by atoms with Crippen LogP contribution in [0.25, 0.3) is 5.65 Å². The van der Waals surface area contributed by atoms with Gasteiger partial charge in [0.05, 0.1) is 23.5 Å². The van der Waals surface area contributed by atoms with Crippen molar-refractivity contribution in [3.63, 3.8) is 0 Å². The highest BCUT2D eigenvalue weighted by Gasteiger charge is 2.17. The molecule has 1 aliphatic heterocycles. The third-order valence-corrected chi connectivity index (χ3v) is 3.45. The van der Waals surface area contributed by atoms with Crippen molar-refractivity contribution in [1.82, 2.24) is 25.4 Å². The molecule has 0 unspecified atom stereocenters. The molecule has 0 radical (unpaired) electrons. The first-order valence-corrected chi connectivity index (χ1v) is 6.29. The summed E-state index contributed by atoms with van der Waals surface area (Å²) in [6.45, 7) is 2.35. The number of rotatable bonds is 3. The summed E-state index contributed by atoms with van der Waals surface area (Å²) in [5, 5.41) is 11.1. The maximum atomic E-state index is 10.8. The van der Waals surface area contributed by atoms with E-state index < -0.39 is 5.97 Å². The van der Waals surface area contributed by atoms with Gasteiger partial charge in [-0.3, -0.25) is 10.4 Å². The molecule has 0 atom stereocenters. The zero-order valence-electron chi connectivity index (χ0n) is 10.6. The first-order valence-electron chi connectivity index (χ1n) is 5.91. The molecule has 0 fully saturated rings. The lowest BCUT2D eigenvalue weighted by Gasteiger charge is -2.12. The van der Waals surface area contributed by atoms with Crippen LogP contribution in [-0.2, 0) is 11.3 Å². The number of nitrogens with zero attached hydrogens (tertiary/aromatic N) is 3. The van der Waals surface area contributed by atoms with Gasteiger partial charge in [0.2, 0.25) is 0 Å². The summed E-state index contributed by atoms with van der Waals surface area (Å²) in [5.41, 5.74) is 7.91. The zero-order chi connectivity index (χ0) is 14.3. The normalized spacial score (nSPS) is 14.5. The van der Waals surface area contributed by atoms with Crippen LogP contribution in [0.1, 0.15) is 11.4 Å². The number of hydrazine groups is 2. The van der Waals surface area contributed by atoms with Crippen LogP contribution in [0.4, 0.5) is 0 Å². The topological polar surface area (TPSA) is 81.9 Å². The van der Waals surface area contributed by atoms with Crippen LogP contribution in [0.5, 0.6) is 0 Å². The van der Waals surface area contributed by atoms with E-state index in [4.69, 9.17) is 16.7 Å². The predicted octanol–water partition coefficient (Wildman–Crippen LogP) is 1.05. The first kappa shape index (κ1) is 12.8. The Morgan fingerprint density at radius 2 is 2.30 bits per heavy atom. The van der Waals surface area contributed by atoms with Crippen molar-refractivity contribution in [2.75, 3.05) is 0 Å². The number of aryl methyl sites for hydroxylation is 1. The summed E-state index contributed by atoms with van der Waals surface area (Å²) >= 11 is 6.07. The zero-order valence-corrected chi connectivity index (χ0v) is 11.3. The van der Waals surface area contributed by atoms with Crippen molar-refractivity contribution >= 4 is 23.2 Å². The first-order chi connectivity index (χ1) is 9.54. The molecule has 0 bridgehead atoms. The minimum atomic E-state index is -1.02. The minimum Gasteiger partial charge on any atom is -0.476 e. The fourth-order valence-electron chi connectivity index (χ4n) is 2.01. The molecule has 0 aromatic carbocycles. The predicted molar refractivity (Wildman–Crippen MR) is 72.5 cm³/mol. The van der Waals surface area contributed by atoms with Crippen molar-refractivity contribution in [2.45, 2.75) is 13.5 Å². The second kappa shape index (κ2) is 4.69. The second-order valence-corrected chi connectivity index (χ2v) is 4.85. The van der Waals surface area contributed by atoms with Gasteiger partial charge in [-0.15, -0.1) is 5.53 Å². The Bertz CT molecular complexity index is 724. The maximum Gasteiger partial charge on any atom is 0.354 e. The fraction of sp³-hybridized carbons (Fsp3) is 0.167. The molecule has 1 aliphatic rings. The number of carboxylic acid groups (broad SMARTS) is 1. The van der Waals surface area contributed by atoms with E-state index in [1.54, 1.807) is 11.1 Å². The lowest BCUT2D eigenvalue weighted by molar-refractivity contribution is -0.133. The average Bonchev–Trinajstić information content (AvgIpc) is 3.01. The van der Waals surface area contributed by atoms with Crippen LogP contribution in [0.15, 0.2) is 30.2 Å². The molecule has 3 rings (SSSR count). The number of carboxylic acids is 1. The molecular formula is C12H12ClN5O2. The van der Waals surface area contributed by atoms with Crippen LogP contribution >= 0.6 is 11.6 Å². The lowest BCUT2D eigenvalue weighted by Crippen LogP contribution is -2.36. The average molecular weight is 294 g/mol. The molecule has 3 N–H and O–H groups in total. The van der Waals surface area contributed by atoms with E-state index in [0.29, 0.717) is 11.6 Å². The molecule has 0 spiro atoms. The minimum absolute atomic E-state index is 0.0907. The van der Waals surface area contributed by atoms with Crippen molar-refractivity contribution in [3.8, 4) is 0 Å². The van der Waals surface area contributed by atoms with E-state index >= 15 is 0 Å². The number of aliphatic carboxylic acids is 1. The standard InChI is InChI=1S/C12H12ClN5O2/c1-7-9(13)2-3-11-14-8(5-18(7)11)4-17-6-10(12(19)20)15-16-17/h2-3,5-6,15-16H,4H2,1H3,(H,19,20). The van der Waals surface area contributed by atoms with E-state index in [1.807, 2.05) is 23.6 Å². The van der Waals surface area contributed by atoms with Gasteiger partial charge >= 0.3 is 5.97 Å². The molecule has 3 heterocycles. The van der Waals surface area contributed by atoms with Gasteiger partial charge in [-0.25, -0.2) is 9.78 Å². The van der Waals surface area contributed by atoms with Gasteiger partial charge in [0.25, 0.3) is 0 Å². The second-order valence-electron chi connectivity index (χ2n) is 4.44. The van der Waals surface area contributed by atoms with Gasteiger partial charge in [0.15, 0.2) is 5.70 Å². The fourth-order valence-corrected chi connectivity index (χ4v) is 2.17. The van der Waals surface area contributed by atoms with Gasteiger partial charge in [0, 0.05) is 11.9 Å². The van der Waals surface area contributed by atoms with Gasteiger partial charge < -0.3 is 9.51 Å². The molecule has 8 heteroatoms. The maximum absolute atomic E-state index is 10.8. The van der Waals surface area contributed by atoms with E-state index in [2.05, 4.69) is 15.9 Å². The largest absolute Gasteiger partial charge is 0.476 e. The van der Waals surface area contributed by atoms with Gasteiger partial charge in [-0.1, -0.05) is 11.6 Å². The molecule has 2 aromatic heterocycles. The number of aromatic nitrogens is 2. The van der Waals surface area contributed by atoms with Crippen molar-refractivity contribution < 1.29 is 9.90 Å². The number of halogens is 1. The Morgan fingerprint density at radius 3 is 3.00 bits per heavy atom. The number of pyridine rings is 1. The Kier molecular flexibility index (Phi) is 3.00. The number of fused-ring (bicyclic) bond motifs is 1. The quantitative estimate of drug-likeness (QED) is 0.785. The van der Waals surface area contributed by atoms with Crippen LogP contribution in [0.2, 0.25) is 5.02 Å².